The zero-order valence-electron chi connectivity index (χ0n) is 12.5. The van der Waals surface area contributed by atoms with Crippen LogP contribution in [0.5, 0.6) is 0 Å². The van der Waals surface area contributed by atoms with E-state index in [1.54, 1.807) is 16.2 Å². The molecular formula is C15H21N3O3S. The molecule has 0 saturated carbocycles. The maximum absolute atomic E-state index is 12.6. The van der Waals surface area contributed by atoms with Crippen molar-refractivity contribution in [3.05, 3.63) is 22.4 Å². The molecule has 2 aliphatic heterocycles. The predicted molar refractivity (Wildman–Crippen MR) is 83.7 cm³/mol. The maximum Gasteiger partial charge on any atom is 0.317 e. The molecule has 22 heavy (non-hydrogen) atoms. The van der Waals surface area contributed by atoms with Gasteiger partial charge in [0.15, 0.2) is 0 Å². The van der Waals surface area contributed by atoms with E-state index in [9.17, 15) is 9.59 Å². The molecule has 1 N–H and O–H groups in total. The second-order valence-corrected chi connectivity index (χ2v) is 6.47. The van der Waals surface area contributed by atoms with E-state index in [0.29, 0.717) is 26.2 Å². The fourth-order valence-electron chi connectivity index (χ4n) is 2.82. The molecule has 3 rings (SSSR count). The van der Waals surface area contributed by atoms with Crippen molar-refractivity contribution in [2.45, 2.75) is 25.5 Å². The van der Waals surface area contributed by atoms with Crippen LogP contribution in [0.15, 0.2) is 16.8 Å². The Bertz CT molecular complexity index is 514. The van der Waals surface area contributed by atoms with Gasteiger partial charge in [-0.3, -0.25) is 4.79 Å². The molecular weight excluding hydrogens is 302 g/mol. The largest absolute Gasteiger partial charge is 0.376 e. The average Bonchev–Trinajstić information content (AvgIpc) is 3.23. The molecule has 0 aliphatic carbocycles. The van der Waals surface area contributed by atoms with Crippen molar-refractivity contribution in [2.75, 3.05) is 32.8 Å². The summed E-state index contributed by atoms with van der Waals surface area (Å²) in [5.41, 5.74) is 1.13. The zero-order chi connectivity index (χ0) is 15.4. The Morgan fingerprint density at radius 2 is 2.45 bits per heavy atom. The first-order chi connectivity index (χ1) is 10.7. The first-order valence-electron chi connectivity index (χ1n) is 7.65. The maximum atomic E-state index is 12.6. The highest BCUT2D eigenvalue weighted by Gasteiger charge is 2.27. The molecule has 6 nitrogen and oxygen atoms in total. The fraction of sp³-hybridized carbons (Fsp3) is 0.600. The number of carbonyl (C=O) groups is 2. The smallest absolute Gasteiger partial charge is 0.317 e. The van der Waals surface area contributed by atoms with Crippen LogP contribution in [-0.4, -0.2) is 60.6 Å². The number of nitrogens with zero attached hydrogens (tertiary/aromatic N) is 2. The van der Waals surface area contributed by atoms with Crippen LogP contribution >= 0.6 is 11.3 Å². The van der Waals surface area contributed by atoms with Crippen LogP contribution in [0.3, 0.4) is 0 Å². The third-order valence-corrected chi connectivity index (χ3v) is 4.76. The van der Waals surface area contributed by atoms with Gasteiger partial charge in [-0.05, 0) is 35.2 Å². The molecule has 120 valence electrons. The summed E-state index contributed by atoms with van der Waals surface area (Å²) in [5, 5.41) is 6.79. The monoisotopic (exact) mass is 323 g/mol. The number of rotatable bonds is 6. The number of thiophene rings is 1. The Morgan fingerprint density at radius 1 is 1.55 bits per heavy atom. The molecule has 7 heteroatoms. The topological polar surface area (TPSA) is 61.9 Å². The van der Waals surface area contributed by atoms with E-state index in [1.807, 2.05) is 16.3 Å². The van der Waals surface area contributed by atoms with Crippen molar-refractivity contribution in [2.24, 2.45) is 0 Å². The third-order valence-electron chi connectivity index (χ3n) is 4.03. The molecule has 3 amide bonds. The second kappa shape index (κ2) is 7.11. The van der Waals surface area contributed by atoms with Crippen molar-refractivity contribution < 1.29 is 14.3 Å². The van der Waals surface area contributed by atoms with Gasteiger partial charge in [0.25, 0.3) is 0 Å². The predicted octanol–water partition coefficient (Wildman–Crippen LogP) is 1.28. The normalized spacial score (nSPS) is 21.2. The molecule has 2 fully saturated rings. The summed E-state index contributed by atoms with van der Waals surface area (Å²) in [6, 6.07) is 1.88. The fourth-order valence-corrected chi connectivity index (χ4v) is 3.48. The van der Waals surface area contributed by atoms with Gasteiger partial charge >= 0.3 is 6.03 Å². The Morgan fingerprint density at radius 3 is 3.09 bits per heavy atom. The molecule has 2 saturated heterocycles. The number of hydrogen-bond donors (Lipinski definition) is 1. The van der Waals surface area contributed by atoms with Gasteiger partial charge in [-0.15, -0.1) is 0 Å². The van der Waals surface area contributed by atoms with E-state index in [-0.39, 0.29) is 24.6 Å². The van der Waals surface area contributed by atoms with Crippen LogP contribution < -0.4 is 5.32 Å². The molecule has 2 aliphatic rings. The molecule has 0 radical (unpaired) electrons. The van der Waals surface area contributed by atoms with Crippen LogP contribution in [-0.2, 0) is 16.1 Å². The van der Waals surface area contributed by atoms with E-state index in [0.717, 1.165) is 25.0 Å². The van der Waals surface area contributed by atoms with Gasteiger partial charge in [0.1, 0.15) is 6.54 Å². The highest BCUT2D eigenvalue weighted by Crippen LogP contribution is 2.16. The van der Waals surface area contributed by atoms with Gasteiger partial charge in [-0.25, -0.2) is 4.79 Å². The molecule has 0 spiro atoms. The Balaban J connectivity index is 1.63. The number of nitrogens with one attached hydrogen (secondary N) is 1. The lowest BCUT2D eigenvalue weighted by atomic mass is 10.2. The molecule has 1 aromatic heterocycles. The SMILES string of the molecule is O=C(CN1CCNC1=O)N(Cc1ccsc1)C[C@H]1CCCO1. The van der Waals surface area contributed by atoms with Crippen LogP contribution in [0.1, 0.15) is 18.4 Å². The van der Waals surface area contributed by atoms with Crippen LogP contribution in [0.4, 0.5) is 4.79 Å². The van der Waals surface area contributed by atoms with Gasteiger partial charge in [-0.2, -0.15) is 11.3 Å². The Kier molecular flexibility index (Phi) is 4.94. The summed E-state index contributed by atoms with van der Waals surface area (Å²) >= 11 is 1.63. The summed E-state index contributed by atoms with van der Waals surface area (Å²) < 4.78 is 5.66. The van der Waals surface area contributed by atoms with Crippen LogP contribution in [0, 0.1) is 0 Å². The average molecular weight is 323 g/mol. The van der Waals surface area contributed by atoms with Crippen molar-refractivity contribution >= 4 is 23.3 Å². The van der Waals surface area contributed by atoms with Gasteiger partial charge in [-0.1, -0.05) is 0 Å². The minimum absolute atomic E-state index is 0.0150. The third kappa shape index (κ3) is 3.78. The molecule has 0 aromatic carbocycles. The van der Waals surface area contributed by atoms with Crippen LogP contribution in [0.2, 0.25) is 0 Å². The van der Waals surface area contributed by atoms with Gasteiger partial charge in [0, 0.05) is 32.8 Å². The first-order valence-corrected chi connectivity index (χ1v) is 8.60. The number of carbonyl (C=O) groups excluding carboxylic acids is 2. The van der Waals surface area contributed by atoms with E-state index in [2.05, 4.69) is 10.7 Å². The molecule has 3 heterocycles. The van der Waals surface area contributed by atoms with Crippen molar-refractivity contribution in [1.82, 2.24) is 15.1 Å². The molecule has 0 unspecified atom stereocenters. The lowest BCUT2D eigenvalue weighted by Gasteiger charge is -2.27. The second-order valence-electron chi connectivity index (χ2n) is 5.69. The minimum atomic E-state index is -0.152. The minimum Gasteiger partial charge on any atom is -0.376 e. The van der Waals surface area contributed by atoms with Gasteiger partial charge in [0.05, 0.1) is 6.10 Å². The van der Waals surface area contributed by atoms with Crippen molar-refractivity contribution in [1.29, 1.82) is 0 Å². The standard InChI is InChI=1S/C15H21N3O3S/c19-14(10-17-5-4-16-15(17)20)18(8-12-3-7-22-11-12)9-13-2-1-6-21-13/h3,7,11,13H,1-2,4-6,8-10H2,(H,16,20)/t13-/m1/s1. The summed E-state index contributed by atoms with van der Waals surface area (Å²) in [4.78, 5) is 27.6. The quantitative estimate of drug-likeness (QED) is 0.858. The molecule has 1 atom stereocenters. The lowest BCUT2D eigenvalue weighted by molar-refractivity contribution is -0.133. The van der Waals surface area contributed by atoms with E-state index in [4.69, 9.17) is 4.74 Å². The lowest BCUT2D eigenvalue weighted by Crippen LogP contribution is -2.44. The van der Waals surface area contributed by atoms with E-state index in [1.165, 1.54) is 0 Å². The summed E-state index contributed by atoms with van der Waals surface area (Å²) in [5.74, 6) is -0.0150. The van der Waals surface area contributed by atoms with E-state index < -0.39 is 0 Å². The van der Waals surface area contributed by atoms with Crippen molar-refractivity contribution in [3.63, 3.8) is 0 Å². The van der Waals surface area contributed by atoms with Gasteiger partial charge in [0.2, 0.25) is 5.91 Å². The van der Waals surface area contributed by atoms with Gasteiger partial charge < -0.3 is 19.9 Å². The first kappa shape index (κ1) is 15.3. The Hall–Kier alpha value is -1.60. The summed E-state index contributed by atoms with van der Waals surface area (Å²) in [6.45, 7) is 3.31. The zero-order valence-corrected chi connectivity index (χ0v) is 13.3. The highest BCUT2D eigenvalue weighted by atomic mass is 32.1. The highest BCUT2D eigenvalue weighted by molar-refractivity contribution is 7.07. The number of hydrogen-bond acceptors (Lipinski definition) is 4. The number of urea groups is 1. The summed E-state index contributed by atoms with van der Waals surface area (Å²) in [6.07, 6.45) is 2.17. The number of ether oxygens (including phenoxy) is 1. The Labute approximate surface area is 134 Å². The van der Waals surface area contributed by atoms with Crippen LogP contribution in [0.25, 0.3) is 0 Å². The summed E-state index contributed by atoms with van der Waals surface area (Å²) in [7, 11) is 0. The molecule has 1 aromatic rings. The van der Waals surface area contributed by atoms with Crippen molar-refractivity contribution in [3.8, 4) is 0 Å². The number of amides is 3. The molecule has 0 bridgehead atoms. The van der Waals surface area contributed by atoms with E-state index >= 15 is 0 Å².